The van der Waals surface area contributed by atoms with Gasteiger partial charge in [0.1, 0.15) is 17.1 Å². The van der Waals surface area contributed by atoms with Crippen molar-refractivity contribution in [1.29, 1.82) is 0 Å². The van der Waals surface area contributed by atoms with Crippen molar-refractivity contribution < 1.29 is 18.7 Å². The normalized spacial score (nSPS) is 17.9. The Bertz CT molecular complexity index is 750. The first-order valence-corrected chi connectivity index (χ1v) is 7.17. The third-order valence-electron chi connectivity index (χ3n) is 4.16. The minimum Gasteiger partial charge on any atom is -0.497 e. The monoisotopic (exact) mass is 302 g/mol. The average molecular weight is 302 g/mol. The number of carbonyl (C=O) groups is 2. The third-order valence-corrected chi connectivity index (χ3v) is 4.16. The maximum absolute atomic E-state index is 12.8. The Morgan fingerprint density at radius 2 is 2.18 bits per heavy atom. The Hall–Kier alpha value is -2.50. The summed E-state index contributed by atoms with van der Waals surface area (Å²) in [7, 11) is 1.58. The molecule has 1 aromatic carbocycles. The van der Waals surface area contributed by atoms with E-state index in [0.717, 1.165) is 5.39 Å². The van der Waals surface area contributed by atoms with E-state index in [0.29, 0.717) is 42.2 Å². The second-order valence-corrected chi connectivity index (χ2v) is 5.53. The molecule has 2 heterocycles. The van der Waals surface area contributed by atoms with Crippen molar-refractivity contribution in [3.63, 3.8) is 0 Å². The number of fused-ring (bicyclic) bond motifs is 1. The van der Waals surface area contributed by atoms with E-state index >= 15 is 0 Å². The van der Waals surface area contributed by atoms with Crippen LogP contribution in [0, 0.1) is 12.8 Å². The summed E-state index contributed by atoms with van der Waals surface area (Å²) in [5.41, 5.74) is 6.50. The fourth-order valence-electron chi connectivity index (χ4n) is 2.93. The lowest BCUT2D eigenvalue weighted by atomic mass is 10.1. The molecule has 2 aromatic rings. The summed E-state index contributed by atoms with van der Waals surface area (Å²) in [6, 6.07) is 5.37. The molecular formula is C16H18N2O4. The van der Waals surface area contributed by atoms with E-state index in [4.69, 9.17) is 14.9 Å². The molecule has 1 aromatic heterocycles. The standard InChI is InChI=1S/C16H18N2O4/c1-9-14(12-7-11(21-2)3-4-13(12)22-9)16(20)18-6-5-10(8-18)15(17)19/h3-4,7,10H,5-6,8H2,1-2H3,(H2,17,19)/t10-/m0/s1. The van der Waals surface area contributed by atoms with Gasteiger partial charge in [-0.05, 0) is 31.5 Å². The van der Waals surface area contributed by atoms with Crippen molar-refractivity contribution in [2.45, 2.75) is 13.3 Å². The van der Waals surface area contributed by atoms with Gasteiger partial charge in [0.15, 0.2) is 0 Å². The molecule has 3 rings (SSSR count). The van der Waals surface area contributed by atoms with Crippen molar-refractivity contribution in [2.75, 3.05) is 20.2 Å². The van der Waals surface area contributed by atoms with Crippen LogP contribution in [0.15, 0.2) is 22.6 Å². The Kier molecular flexibility index (Phi) is 3.52. The van der Waals surface area contributed by atoms with Gasteiger partial charge in [-0.15, -0.1) is 0 Å². The van der Waals surface area contributed by atoms with Gasteiger partial charge in [-0.1, -0.05) is 0 Å². The van der Waals surface area contributed by atoms with Crippen molar-refractivity contribution in [3.8, 4) is 5.75 Å². The van der Waals surface area contributed by atoms with Crippen molar-refractivity contribution in [1.82, 2.24) is 4.90 Å². The second-order valence-electron chi connectivity index (χ2n) is 5.53. The molecular weight excluding hydrogens is 284 g/mol. The van der Waals surface area contributed by atoms with E-state index in [9.17, 15) is 9.59 Å². The Morgan fingerprint density at radius 3 is 2.82 bits per heavy atom. The molecule has 2 amide bonds. The van der Waals surface area contributed by atoms with Crippen molar-refractivity contribution in [3.05, 3.63) is 29.5 Å². The highest BCUT2D eigenvalue weighted by molar-refractivity contribution is 6.07. The molecule has 0 radical (unpaired) electrons. The number of nitrogens with two attached hydrogens (primary N) is 1. The lowest BCUT2D eigenvalue weighted by Crippen LogP contribution is -2.31. The average Bonchev–Trinajstić information content (AvgIpc) is 3.09. The first-order valence-electron chi connectivity index (χ1n) is 7.17. The third kappa shape index (κ3) is 2.30. The fraction of sp³-hybridized carbons (Fsp3) is 0.375. The minimum absolute atomic E-state index is 0.131. The number of likely N-dealkylation sites (tertiary alicyclic amines) is 1. The Morgan fingerprint density at radius 1 is 1.41 bits per heavy atom. The number of amides is 2. The number of methoxy groups -OCH3 is 1. The maximum atomic E-state index is 12.8. The number of ether oxygens (including phenoxy) is 1. The molecule has 1 aliphatic rings. The fourth-order valence-corrected chi connectivity index (χ4v) is 2.93. The number of benzene rings is 1. The largest absolute Gasteiger partial charge is 0.497 e. The van der Waals surface area contributed by atoms with Crippen LogP contribution in [0.5, 0.6) is 5.75 Å². The molecule has 0 bridgehead atoms. The van der Waals surface area contributed by atoms with Crippen LogP contribution in [-0.2, 0) is 4.79 Å². The summed E-state index contributed by atoms with van der Waals surface area (Å²) in [4.78, 5) is 25.7. The van der Waals surface area contributed by atoms with Crippen molar-refractivity contribution in [2.24, 2.45) is 11.7 Å². The highest BCUT2D eigenvalue weighted by Gasteiger charge is 2.32. The lowest BCUT2D eigenvalue weighted by molar-refractivity contribution is -0.121. The van der Waals surface area contributed by atoms with Crippen LogP contribution in [0.2, 0.25) is 0 Å². The maximum Gasteiger partial charge on any atom is 0.258 e. The van der Waals surface area contributed by atoms with E-state index < -0.39 is 0 Å². The minimum atomic E-state index is -0.356. The van der Waals surface area contributed by atoms with E-state index in [1.165, 1.54) is 0 Å². The summed E-state index contributed by atoms with van der Waals surface area (Å²) in [5, 5.41) is 0.726. The summed E-state index contributed by atoms with van der Waals surface area (Å²) >= 11 is 0. The van der Waals surface area contributed by atoms with Gasteiger partial charge in [0.05, 0.1) is 18.6 Å². The summed E-state index contributed by atoms with van der Waals surface area (Å²) in [6.07, 6.45) is 0.610. The quantitative estimate of drug-likeness (QED) is 0.935. The van der Waals surface area contributed by atoms with E-state index in [2.05, 4.69) is 0 Å². The van der Waals surface area contributed by atoms with E-state index in [1.54, 1.807) is 37.1 Å². The highest BCUT2D eigenvalue weighted by atomic mass is 16.5. The van der Waals surface area contributed by atoms with E-state index in [1.807, 2.05) is 0 Å². The van der Waals surface area contributed by atoms with Crippen LogP contribution in [0.3, 0.4) is 0 Å². The number of rotatable bonds is 3. The number of hydrogen-bond acceptors (Lipinski definition) is 4. The predicted molar refractivity (Wildman–Crippen MR) is 80.7 cm³/mol. The molecule has 0 aliphatic carbocycles. The second kappa shape index (κ2) is 5.36. The van der Waals surface area contributed by atoms with Gasteiger partial charge in [0.2, 0.25) is 5.91 Å². The van der Waals surface area contributed by atoms with Gasteiger partial charge >= 0.3 is 0 Å². The van der Waals surface area contributed by atoms with Crippen LogP contribution in [0.25, 0.3) is 11.0 Å². The number of primary amides is 1. The van der Waals surface area contributed by atoms with Crippen LogP contribution in [-0.4, -0.2) is 36.9 Å². The smallest absolute Gasteiger partial charge is 0.258 e. The molecule has 116 valence electrons. The van der Waals surface area contributed by atoms with Gasteiger partial charge in [-0.2, -0.15) is 0 Å². The summed E-state index contributed by atoms with van der Waals surface area (Å²) in [6.45, 7) is 2.66. The molecule has 6 nitrogen and oxygen atoms in total. The Labute approximate surface area is 127 Å². The molecule has 1 saturated heterocycles. The molecule has 0 saturated carbocycles. The topological polar surface area (TPSA) is 85.8 Å². The number of aryl methyl sites for hydroxylation is 1. The number of hydrogen-bond donors (Lipinski definition) is 1. The summed E-state index contributed by atoms with van der Waals surface area (Å²) < 4.78 is 10.9. The molecule has 0 spiro atoms. The molecule has 22 heavy (non-hydrogen) atoms. The SMILES string of the molecule is COc1ccc2oc(C)c(C(=O)N3CC[C@H](C(N)=O)C3)c2c1. The number of carbonyl (C=O) groups excluding carboxylic acids is 2. The van der Waals surface area contributed by atoms with Gasteiger partial charge < -0.3 is 19.8 Å². The molecule has 6 heteroatoms. The lowest BCUT2D eigenvalue weighted by Gasteiger charge is -2.15. The molecule has 0 unspecified atom stereocenters. The van der Waals surface area contributed by atoms with Crippen LogP contribution in [0.4, 0.5) is 0 Å². The molecule has 1 aliphatic heterocycles. The van der Waals surface area contributed by atoms with Crippen LogP contribution >= 0.6 is 0 Å². The molecule has 1 atom stereocenters. The van der Waals surface area contributed by atoms with Gasteiger partial charge in [-0.3, -0.25) is 9.59 Å². The summed E-state index contributed by atoms with van der Waals surface area (Å²) in [5.74, 6) is 0.477. The van der Waals surface area contributed by atoms with Gasteiger partial charge in [0.25, 0.3) is 5.91 Å². The van der Waals surface area contributed by atoms with E-state index in [-0.39, 0.29) is 17.7 Å². The zero-order chi connectivity index (χ0) is 15.9. The molecule has 2 N–H and O–H groups in total. The van der Waals surface area contributed by atoms with Gasteiger partial charge in [0, 0.05) is 18.5 Å². The highest BCUT2D eigenvalue weighted by Crippen LogP contribution is 2.31. The zero-order valence-corrected chi connectivity index (χ0v) is 12.6. The first kappa shape index (κ1) is 14.4. The molecule has 1 fully saturated rings. The predicted octanol–water partition coefficient (Wildman–Crippen LogP) is 1.70. The van der Waals surface area contributed by atoms with Gasteiger partial charge in [-0.25, -0.2) is 0 Å². The van der Waals surface area contributed by atoms with Crippen molar-refractivity contribution >= 4 is 22.8 Å². The van der Waals surface area contributed by atoms with Crippen LogP contribution < -0.4 is 10.5 Å². The number of nitrogens with zero attached hydrogens (tertiary/aromatic N) is 1. The Balaban J connectivity index is 1.97. The first-order chi connectivity index (χ1) is 10.5. The van der Waals surface area contributed by atoms with Crippen LogP contribution in [0.1, 0.15) is 22.5 Å². The zero-order valence-electron chi connectivity index (χ0n) is 12.6. The number of furan rings is 1.